The molecule has 0 unspecified atom stereocenters. The van der Waals surface area contributed by atoms with Crippen LogP contribution in [0.2, 0.25) is 13.1 Å². The fourth-order valence-electron chi connectivity index (χ4n) is 7.33. The minimum absolute atomic E-state index is 0.516. The van der Waals surface area contributed by atoms with Crippen molar-refractivity contribution in [1.82, 2.24) is 0 Å². The summed E-state index contributed by atoms with van der Waals surface area (Å²) in [4.78, 5) is 0. The van der Waals surface area contributed by atoms with Crippen molar-refractivity contribution < 1.29 is 20.8 Å². The van der Waals surface area contributed by atoms with E-state index in [0.29, 0.717) is 35.5 Å². The van der Waals surface area contributed by atoms with Crippen molar-refractivity contribution in [1.29, 1.82) is 0 Å². The molecule has 0 heterocycles. The molecule has 0 saturated carbocycles. The van der Waals surface area contributed by atoms with E-state index in [2.05, 4.69) is 193 Å². The molecule has 0 aromatic heterocycles. The van der Waals surface area contributed by atoms with E-state index in [9.17, 15) is 0 Å². The maximum atomic E-state index is 4.93. The predicted octanol–water partition coefficient (Wildman–Crippen LogP) is 17.4. The van der Waals surface area contributed by atoms with Crippen molar-refractivity contribution in [3.8, 4) is 22.3 Å². The summed E-state index contributed by atoms with van der Waals surface area (Å²) in [6.45, 7) is 31.8. The third-order valence-electron chi connectivity index (χ3n) is 10.2. The van der Waals surface area contributed by atoms with Gasteiger partial charge in [-0.3, -0.25) is 0 Å². The fourth-order valence-corrected chi connectivity index (χ4v) is 7.33. The molecule has 0 aliphatic carbocycles. The van der Waals surface area contributed by atoms with Crippen molar-refractivity contribution in [2.75, 3.05) is 0 Å². The predicted molar refractivity (Wildman–Crippen MR) is 244 cm³/mol. The molecule has 0 aliphatic heterocycles. The number of hydrogen-bond acceptors (Lipinski definition) is 0. The molecule has 0 spiro atoms. The molecule has 6 aromatic carbocycles. The van der Waals surface area contributed by atoms with E-state index < -0.39 is 20.8 Å². The van der Waals surface area contributed by atoms with Gasteiger partial charge in [-0.2, -0.15) is 12.1 Å². The van der Waals surface area contributed by atoms with Crippen LogP contribution in [0.5, 0.6) is 0 Å². The molecule has 0 atom stereocenters. The minimum atomic E-state index is -0.826. The van der Waals surface area contributed by atoms with Gasteiger partial charge in [0.2, 0.25) is 0 Å². The summed E-state index contributed by atoms with van der Waals surface area (Å²) in [6.07, 6.45) is 0. The molecule has 0 amide bonds. The van der Waals surface area contributed by atoms with Crippen LogP contribution in [-0.4, -0.2) is 9.52 Å². The van der Waals surface area contributed by atoms with Gasteiger partial charge in [0.15, 0.2) is 0 Å². The Morgan fingerprint density at radius 1 is 0.444 bits per heavy atom. The van der Waals surface area contributed by atoms with E-state index in [0.717, 1.165) is 9.52 Å². The van der Waals surface area contributed by atoms with E-state index >= 15 is 0 Å². The van der Waals surface area contributed by atoms with Gasteiger partial charge in [0.25, 0.3) is 0 Å². The number of fused-ring (bicyclic) bond motifs is 2. The Labute approximate surface area is 350 Å². The van der Waals surface area contributed by atoms with E-state index in [-0.39, 0.29) is 0 Å². The number of hydrogen-bond donors (Lipinski definition) is 0. The number of benzene rings is 4. The Kier molecular flexibility index (Phi) is 18.7. The maximum absolute atomic E-state index is 4.93. The van der Waals surface area contributed by atoms with E-state index in [1.165, 1.54) is 77.2 Å². The third-order valence-corrected chi connectivity index (χ3v) is 10.2. The first-order valence-corrected chi connectivity index (χ1v) is 28.2. The fraction of sp³-hybridized carbons (Fsp3) is 0.400. The quantitative estimate of drug-likeness (QED) is 0.106. The van der Waals surface area contributed by atoms with Crippen LogP contribution in [0.3, 0.4) is 0 Å². The van der Waals surface area contributed by atoms with Crippen LogP contribution < -0.4 is 0 Å². The van der Waals surface area contributed by atoms with Crippen LogP contribution in [0.4, 0.5) is 0 Å². The first-order chi connectivity index (χ1) is 25.6. The Bertz CT molecular complexity index is 1890. The summed E-state index contributed by atoms with van der Waals surface area (Å²) in [5, 5.41) is 5.57. The zero-order valence-electron chi connectivity index (χ0n) is 35.5. The van der Waals surface area contributed by atoms with E-state index in [1.807, 2.05) is 0 Å². The standard InChI is InChI=1S/2C24H29.C2H6Si.2ClH.Zr/c2*1-15(2)19-13-18-11-12-21(17(5)6)24(23(18)14-19)22-10-8-7-9-20(22)16(3)4;1-3-2;;;/h2*7-17H,1-6H3;1-2H3;2*1H;/q2*-1;;;;+4/p-2. The molecule has 6 aromatic rings. The zero-order chi connectivity index (χ0) is 40.3. The molecule has 2 radical (unpaired) electrons. The van der Waals surface area contributed by atoms with Crippen molar-refractivity contribution >= 4 is 48.1 Å². The molecule has 0 nitrogen and oxygen atoms in total. The SMILES string of the molecule is CC(C)c1cc2c(-c3ccccc3C(C)C)c(C(C)C)ccc2[cH-]1.CC(C)c1cc2c(-c3ccccc3C(C)C)c(C(C)C)ccc2[cH-]1.C[Si]C.[Cl][Zr+2][Cl]. The van der Waals surface area contributed by atoms with E-state index in [4.69, 9.17) is 17.0 Å². The number of halogens is 2. The van der Waals surface area contributed by atoms with Crippen LogP contribution in [0.25, 0.3) is 43.8 Å². The summed E-state index contributed by atoms with van der Waals surface area (Å²) in [7, 11) is 11.0. The average molecular weight is 855 g/mol. The molecule has 0 saturated heterocycles. The summed E-state index contributed by atoms with van der Waals surface area (Å²) in [6, 6.07) is 36.7. The van der Waals surface area contributed by atoms with Gasteiger partial charge in [-0.1, -0.05) is 167 Å². The van der Waals surface area contributed by atoms with Crippen LogP contribution in [0, 0.1) is 0 Å². The Morgan fingerprint density at radius 3 is 1.02 bits per heavy atom. The van der Waals surface area contributed by atoms with Crippen LogP contribution >= 0.6 is 17.0 Å². The monoisotopic (exact) mass is 852 g/mol. The van der Waals surface area contributed by atoms with E-state index in [1.54, 1.807) is 0 Å². The van der Waals surface area contributed by atoms with Gasteiger partial charge < -0.3 is 0 Å². The summed E-state index contributed by atoms with van der Waals surface area (Å²) in [5.41, 5.74) is 14.4. The molecule has 6 rings (SSSR count). The summed E-state index contributed by atoms with van der Waals surface area (Å²) in [5.74, 6) is 3.21. The Hall–Kier alpha value is -2.22. The first-order valence-electron chi connectivity index (χ1n) is 19.8. The molecule has 0 N–H and O–H groups in total. The van der Waals surface area contributed by atoms with Crippen molar-refractivity contribution in [3.05, 3.63) is 130 Å². The van der Waals surface area contributed by atoms with Gasteiger partial charge in [-0.15, -0.1) is 69.1 Å². The van der Waals surface area contributed by atoms with Crippen molar-refractivity contribution in [3.63, 3.8) is 0 Å². The second-order valence-corrected chi connectivity index (χ2v) is 21.0. The van der Waals surface area contributed by atoms with Gasteiger partial charge in [-0.25, -0.2) is 0 Å². The zero-order valence-corrected chi connectivity index (χ0v) is 40.4. The molecular formula is C50H64Cl2SiZr. The Balaban J connectivity index is 0.000000254. The van der Waals surface area contributed by atoms with Gasteiger partial charge >= 0.3 is 37.9 Å². The molecule has 0 fully saturated rings. The molecular weight excluding hydrogens is 791 g/mol. The van der Waals surface area contributed by atoms with Crippen LogP contribution in [-0.2, 0) is 20.8 Å². The molecule has 4 heteroatoms. The van der Waals surface area contributed by atoms with Gasteiger partial charge in [0, 0.05) is 9.52 Å². The van der Waals surface area contributed by atoms with Crippen LogP contribution in [0.15, 0.2) is 97.1 Å². The topological polar surface area (TPSA) is 0 Å². The first kappa shape index (κ1) is 46.2. The molecule has 286 valence electrons. The van der Waals surface area contributed by atoms with Gasteiger partial charge in [0.1, 0.15) is 0 Å². The molecule has 0 bridgehead atoms. The second kappa shape index (κ2) is 21.9. The Morgan fingerprint density at radius 2 is 0.741 bits per heavy atom. The van der Waals surface area contributed by atoms with Crippen molar-refractivity contribution in [2.24, 2.45) is 0 Å². The second-order valence-electron chi connectivity index (χ2n) is 16.3. The summed E-state index contributed by atoms with van der Waals surface area (Å²) >= 11 is -0.826. The molecule has 0 aliphatic rings. The van der Waals surface area contributed by atoms with Crippen LogP contribution in [0.1, 0.15) is 152 Å². The van der Waals surface area contributed by atoms with Gasteiger partial charge in [0.05, 0.1) is 0 Å². The third kappa shape index (κ3) is 11.4. The van der Waals surface area contributed by atoms with Crippen molar-refractivity contribution in [2.45, 2.75) is 132 Å². The molecule has 54 heavy (non-hydrogen) atoms. The average Bonchev–Trinajstić information content (AvgIpc) is 3.77. The van der Waals surface area contributed by atoms with Gasteiger partial charge in [-0.05, 0) is 57.8 Å². The number of rotatable bonds is 8. The summed E-state index contributed by atoms with van der Waals surface area (Å²) < 4.78 is 0. The normalized spacial score (nSPS) is 11.2.